The Hall–Kier alpha value is -4.46. The van der Waals surface area contributed by atoms with E-state index in [4.69, 9.17) is 15.4 Å². The van der Waals surface area contributed by atoms with Crippen LogP contribution in [0.2, 0.25) is 0 Å². The number of amides is 1. The third kappa shape index (κ3) is 4.53. The van der Waals surface area contributed by atoms with E-state index in [-0.39, 0.29) is 5.91 Å². The average molecular weight is 506 g/mol. The summed E-state index contributed by atoms with van der Waals surface area (Å²) >= 11 is 0. The molecule has 0 spiro atoms. The lowest BCUT2D eigenvalue weighted by atomic mass is 10.0. The first-order valence-electron chi connectivity index (χ1n) is 13.0. The third-order valence-electron chi connectivity index (χ3n) is 7.48. The van der Waals surface area contributed by atoms with Gasteiger partial charge in [-0.1, -0.05) is 42.5 Å². The zero-order valence-corrected chi connectivity index (χ0v) is 21.7. The number of aryl methyl sites for hydroxylation is 1. The Morgan fingerprint density at radius 2 is 1.95 bits per heavy atom. The van der Waals surface area contributed by atoms with Crippen LogP contribution in [0.15, 0.2) is 60.7 Å². The van der Waals surface area contributed by atoms with Crippen molar-refractivity contribution < 1.29 is 4.79 Å². The van der Waals surface area contributed by atoms with Gasteiger partial charge in [0.1, 0.15) is 11.6 Å². The zero-order chi connectivity index (χ0) is 26.2. The molecule has 5 aromatic rings. The van der Waals surface area contributed by atoms with Crippen molar-refractivity contribution in [1.29, 1.82) is 5.41 Å². The predicted molar refractivity (Wildman–Crippen MR) is 150 cm³/mol. The Morgan fingerprint density at radius 1 is 1.11 bits per heavy atom. The summed E-state index contributed by atoms with van der Waals surface area (Å²) in [6.45, 7) is 3.91. The van der Waals surface area contributed by atoms with Gasteiger partial charge in [-0.2, -0.15) is 0 Å². The van der Waals surface area contributed by atoms with E-state index in [1.165, 1.54) is 16.3 Å². The van der Waals surface area contributed by atoms with E-state index in [2.05, 4.69) is 46.7 Å². The standard InChI is InChI=1S/C30H31N7O/c1-19(31)37-15-13-24-26(18-37)34-28(33-24)17-29-35-25-11-10-22(16-27(25)36(29)2)30(38)32-14-12-21-8-5-7-20-6-3-4-9-23(20)21/h3-11,16,31H,12-15,17-18H2,1-2H3,(H,32,38)(H,33,34). The summed E-state index contributed by atoms with van der Waals surface area (Å²) in [5, 5.41) is 13.4. The number of H-pyrrole nitrogens is 1. The lowest BCUT2D eigenvalue weighted by Gasteiger charge is -2.26. The molecule has 2 aromatic heterocycles. The second kappa shape index (κ2) is 9.78. The lowest BCUT2D eigenvalue weighted by molar-refractivity contribution is 0.0954. The van der Waals surface area contributed by atoms with E-state index in [0.717, 1.165) is 53.5 Å². The molecule has 0 saturated heterocycles. The van der Waals surface area contributed by atoms with E-state index in [9.17, 15) is 4.79 Å². The van der Waals surface area contributed by atoms with Crippen LogP contribution in [0.5, 0.6) is 0 Å². The minimum atomic E-state index is -0.0837. The molecule has 0 aliphatic carbocycles. The maximum Gasteiger partial charge on any atom is 0.251 e. The largest absolute Gasteiger partial charge is 0.355 e. The molecule has 0 unspecified atom stereocenters. The number of hydrogen-bond acceptors (Lipinski definition) is 4. The number of amidine groups is 1. The number of imidazole rings is 2. The molecule has 0 atom stereocenters. The van der Waals surface area contributed by atoms with Crippen molar-refractivity contribution in [2.24, 2.45) is 7.05 Å². The maximum absolute atomic E-state index is 13.0. The number of carbonyl (C=O) groups is 1. The van der Waals surface area contributed by atoms with Crippen molar-refractivity contribution in [3.05, 3.63) is 94.8 Å². The molecule has 0 bridgehead atoms. The summed E-state index contributed by atoms with van der Waals surface area (Å²) < 4.78 is 2.04. The van der Waals surface area contributed by atoms with Gasteiger partial charge in [0.05, 0.1) is 41.2 Å². The summed E-state index contributed by atoms with van der Waals surface area (Å²) in [4.78, 5) is 28.1. The number of rotatable bonds is 6. The van der Waals surface area contributed by atoms with Crippen LogP contribution in [0.25, 0.3) is 21.8 Å². The van der Waals surface area contributed by atoms with E-state index in [1.54, 1.807) is 0 Å². The first-order chi connectivity index (χ1) is 18.5. The van der Waals surface area contributed by atoms with Gasteiger partial charge in [-0.3, -0.25) is 10.2 Å². The third-order valence-corrected chi connectivity index (χ3v) is 7.48. The van der Waals surface area contributed by atoms with Gasteiger partial charge in [-0.25, -0.2) is 9.97 Å². The summed E-state index contributed by atoms with van der Waals surface area (Å²) in [7, 11) is 1.98. The van der Waals surface area contributed by atoms with Crippen LogP contribution in [-0.4, -0.2) is 49.3 Å². The molecule has 192 valence electrons. The Bertz CT molecular complexity index is 1670. The molecule has 1 amide bonds. The molecule has 8 heteroatoms. The van der Waals surface area contributed by atoms with Gasteiger partial charge < -0.3 is 19.8 Å². The fourth-order valence-corrected chi connectivity index (χ4v) is 5.34. The van der Waals surface area contributed by atoms with Crippen LogP contribution in [0.4, 0.5) is 0 Å². The molecule has 3 heterocycles. The maximum atomic E-state index is 13.0. The topological polar surface area (TPSA) is 103 Å². The number of nitrogens with zero attached hydrogens (tertiary/aromatic N) is 4. The second-order valence-electron chi connectivity index (χ2n) is 9.98. The van der Waals surface area contributed by atoms with Crippen LogP contribution in [-0.2, 0) is 32.9 Å². The zero-order valence-electron chi connectivity index (χ0n) is 21.7. The molecule has 38 heavy (non-hydrogen) atoms. The minimum absolute atomic E-state index is 0.0837. The number of hydrogen-bond donors (Lipinski definition) is 3. The van der Waals surface area contributed by atoms with Gasteiger partial charge in [0, 0.05) is 32.1 Å². The van der Waals surface area contributed by atoms with Crippen LogP contribution in [0, 0.1) is 5.41 Å². The Balaban J connectivity index is 1.14. The molecule has 8 nitrogen and oxygen atoms in total. The first kappa shape index (κ1) is 23.9. The van der Waals surface area contributed by atoms with E-state index < -0.39 is 0 Å². The fraction of sp³-hybridized carbons (Fsp3) is 0.267. The molecule has 6 rings (SSSR count). The Kier molecular flexibility index (Phi) is 6.15. The molecule has 0 fully saturated rings. The van der Waals surface area contributed by atoms with Crippen molar-refractivity contribution >= 4 is 33.5 Å². The summed E-state index contributed by atoms with van der Waals surface area (Å²) in [6, 6.07) is 20.3. The van der Waals surface area contributed by atoms with Crippen molar-refractivity contribution in [2.45, 2.75) is 32.7 Å². The molecule has 0 saturated carbocycles. The van der Waals surface area contributed by atoms with E-state index in [0.29, 0.717) is 30.9 Å². The summed E-state index contributed by atoms with van der Waals surface area (Å²) in [5.41, 5.74) is 5.80. The molecule has 3 aromatic carbocycles. The predicted octanol–water partition coefficient (Wildman–Crippen LogP) is 4.37. The molecular weight excluding hydrogens is 474 g/mol. The van der Waals surface area contributed by atoms with Crippen molar-refractivity contribution in [3.63, 3.8) is 0 Å². The molecule has 1 aliphatic heterocycles. The lowest BCUT2D eigenvalue weighted by Crippen LogP contribution is -2.33. The smallest absolute Gasteiger partial charge is 0.251 e. The monoisotopic (exact) mass is 505 g/mol. The summed E-state index contributed by atoms with van der Waals surface area (Å²) in [6.07, 6.45) is 2.19. The highest BCUT2D eigenvalue weighted by molar-refractivity contribution is 5.97. The summed E-state index contributed by atoms with van der Waals surface area (Å²) in [5.74, 6) is 2.26. The fourth-order valence-electron chi connectivity index (χ4n) is 5.34. The van der Waals surface area contributed by atoms with Gasteiger partial charge in [0.15, 0.2) is 0 Å². The second-order valence-corrected chi connectivity index (χ2v) is 9.98. The van der Waals surface area contributed by atoms with Crippen molar-refractivity contribution in [2.75, 3.05) is 13.1 Å². The van der Waals surface area contributed by atoms with E-state index >= 15 is 0 Å². The van der Waals surface area contributed by atoms with Gasteiger partial charge in [-0.05, 0) is 47.9 Å². The number of fused-ring (bicyclic) bond motifs is 3. The van der Waals surface area contributed by atoms with E-state index in [1.807, 2.05) is 47.7 Å². The van der Waals surface area contributed by atoms with Crippen molar-refractivity contribution in [1.82, 2.24) is 29.7 Å². The first-order valence-corrected chi connectivity index (χ1v) is 13.0. The highest BCUT2D eigenvalue weighted by Gasteiger charge is 2.21. The van der Waals surface area contributed by atoms with Gasteiger partial charge >= 0.3 is 0 Å². The molecular formula is C30H31N7O. The van der Waals surface area contributed by atoms with Gasteiger partial charge in [0.2, 0.25) is 0 Å². The minimum Gasteiger partial charge on any atom is -0.355 e. The average Bonchev–Trinajstić information content (AvgIpc) is 3.47. The van der Waals surface area contributed by atoms with Crippen LogP contribution in [0.1, 0.15) is 45.9 Å². The van der Waals surface area contributed by atoms with Gasteiger partial charge in [0.25, 0.3) is 5.91 Å². The molecule has 3 N–H and O–H groups in total. The Labute approximate surface area is 221 Å². The quantitative estimate of drug-likeness (QED) is 0.236. The number of aromatic amines is 1. The molecule has 0 radical (unpaired) electrons. The number of nitrogens with one attached hydrogen (secondary N) is 3. The Morgan fingerprint density at radius 3 is 2.82 bits per heavy atom. The normalized spacial score (nSPS) is 13.2. The van der Waals surface area contributed by atoms with Crippen LogP contribution in [0.3, 0.4) is 0 Å². The molecule has 1 aliphatic rings. The number of aromatic nitrogens is 4. The van der Waals surface area contributed by atoms with Crippen molar-refractivity contribution in [3.8, 4) is 0 Å². The van der Waals surface area contributed by atoms with Crippen LogP contribution >= 0.6 is 0 Å². The number of benzene rings is 3. The highest BCUT2D eigenvalue weighted by Crippen LogP contribution is 2.22. The van der Waals surface area contributed by atoms with Crippen LogP contribution < -0.4 is 5.32 Å². The number of carbonyl (C=O) groups excluding carboxylic acids is 1. The highest BCUT2D eigenvalue weighted by atomic mass is 16.1. The van der Waals surface area contributed by atoms with Gasteiger partial charge in [-0.15, -0.1) is 0 Å². The SMILES string of the molecule is CC(=N)N1CCc2nc(Cc3nc4ccc(C(=O)NCCc5cccc6ccccc56)cc4n3C)[nH]c2C1.